The first-order chi connectivity index (χ1) is 7.28. The standard InChI is InChI=1S/C11H19N3S/c1-14-4-2-9(3-5-14)6-11-13-10(7-12)8-15-11/h8-9H,2-7,12H2,1H3. The van der Waals surface area contributed by atoms with Crippen molar-refractivity contribution in [2.45, 2.75) is 25.8 Å². The number of rotatable bonds is 3. The lowest BCUT2D eigenvalue weighted by molar-refractivity contribution is 0.219. The van der Waals surface area contributed by atoms with Crippen molar-refractivity contribution in [3.63, 3.8) is 0 Å². The highest BCUT2D eigenvalue weighted by molar-refractivity contribution is 7.09. The van der Waals surface area contributed by atoms with Crippen LogP contribution in [0.15, 0.2) is 5.38 Å². The number of hydrogen-bond acceptors (Lipinski definition) is 4. The summed E-state index contributed by atoms with van der Waals surface area (Å²) < 4.78 is 0. The summed E-state index contributed by atoms with van der Waals surface area (Å²) in [6.07, 6.45) is 3.78. The van der Waals surface area contributed by atoms with Gasteiger partial charge in [0.2, 0.25) is 0 Å². The maximum atomic E-state index is 5.55. The van der Waals surface area contributed by atoms with Crippen molar-refractivity contribution in [2.24, 2.45) is 11.7 Å². The molecule has 84 valence electrons. The molecule has 0 atom stereocenters. The molecule has 3 nitrogen and oxygen atoms in total. The maximum Gasteiger partial charge on any atom is 0.0931 e. The van der Waals surface area contributed by atoms with Crippen molar-refractivity contribution in [1.82, 2.24) is 9.88 Å². The molecule has 0 saturated carbocycles. The number of thiazole rings is 1. The third-order valence-electron chi connectivity index (χ3n) is 3.11. The number of nitrogens with zero attached hydrogens (tertiary/aromatic N) is 2. The van der Waals surface area contributed by atoms with Gasteiger partial charge in [-0.25, -0.2) is 4.98 Å². The molecule has 0 radical (unpaired) electrons. The molecule has 0 unspecified atom stereocenters. The summed E-state index contributed by atoms with van der Waals surface area (Å²) in [5.41, 5.74) is 6.60. The van der Waals surface area contributed by atoms with Gasteiger partial charge in [-0.1, -0.05) is 0 Å². The van der Waals surface area contributed by atoms with Crippen LogP contribution in [0.25, 0.3) is 0 Å². The van der Waals surface area contributed by atoms with Crippen LogP contribution in [0.2, 0.25) is 0 Å². The van der Waals surface area contributed by atoms with E-state index in [-0.39, 0.29) is 0 Å². The molecule has 0 amide bonds. The predicted molar refractivity (Wildman–Crippen MR) is 63.9 cm³/mol. The monoisotopic (exact) mass is 225 g/mol. The van der Waals surface area contributed by atoms with Gasteiger partial charge in [0, 0.05) is 18.3 Å². The van der Waals surface area contributed by atoms with Crippen LogP contribution in [0.5, 0.6) is 0 Å². The Labute approximate surface area is 95.3 Å². The van der Waals surface area contributed by atoms with Crippen LogP contribution in [0.3, 0.4) is 0 Å². The second kappa shape index (κ2) is 5.05. The van der Waals surface area contributed by atoms with E-state index in [0.717, 1.165) is 18.0 Å². The molecule has 1 aliphatic heterocycles. The molecular formula is C11H19N3S. The lowest BCUT2D eigenvalue weighted by atomic mass is 9.94. The molecule has 2 rings (SSSR count). The minimum absolute atomic E-state index is 0.573. The van der Waals surface area contributed by atoms with E-state index in [1.165, 1.54) is 30.9 Å². The van der Waals surface area contributed by atoms with E-state index >= 15 is 0 Å². The molecule has 1 aromatic heterocycles. The van der Waals surface area contributed by atoms with Crippen LogP contribution in [0.1, 0.15) is 23.5 Å². The Morgan fingerprint density at radius 2 is 2.27 bits per heavy atom. The van der Waals surface area contributed by atoms with Crippen LogP contribution in [-0.2, 0) is 13.0 Å². The third-order valence-corrected chi connectivity index (χ3v) is 4.03. The Morgan fingerprint density at radius 1 is 1.53 bits per heavy atom. The van der Waals surface area contributed by atoms with E-state index in [2.05, 4.69) is 22.3 Å². The highest BCUT2D eigenvalue weighted by Crippen LogP contribution is 2.22. The first kappa shape index (κ1) is 11.0. The molecule has 0 aromatic carbocycles. The van der Waals surface area contributed by atoms with Crippen molar-refractivity contribution >= 4 is 11.3 Å². The Bertz CT molecular complexity index is 303. The van der Waals surface area contributed by atoms with Gasteiger partial charge in [-0.15, -0.1) is 11.3 Å². The first-order valence-electron chi connectivity index (χ1n) is 5.60. The van der Waals surface area contributed by atoms with Crippen LogP contribution in [0, 0.1) is 5.92 Å². The van der Waals surface area contributed by atoms with Gasteiger partial charge in [0.05, 0.1) is 10.7 Å². The highest BCUT2D eigenvalue weighted by Gasteiger charge is 2.18. The van der Waals surface area contributed by atoms with Gasteiger partial charge >= 0.3 is 0 Å². The Kier molecular flexibility index (Phi) is 3.72. The number of likely N-dealkylation sites (tertiary alicyclic amines) is 1. The SMILES string of the molecule is CN1CCC(Cc2nc(CN)cs2)CC1. The van der Waals surface area contributed by atoms with Crippen molar-refractivity contribution in [3.05, 3.63) is 16.1 Å². The third kappa shape index (κ3) is 3.00. The largest absolute Gasteiger partial charge is 0.325 e. The molecule has 2 heterocycles. The number of piperidine rings is 1. The quantitative estimate of drug-likeness (QED) is 0.847. The van der Waals surface area contributed by atoms with Gasteiger partial charge in [-0.05, 0) is 38.9 Å². The lowest BCUT2D eigenvalue weighted by Crippen LogP contribution is -2.30. The minimum Gasteiger partial charge on any atom is -0.325 e. The molecule has 1 aromatic rings. The normalized spacial score (nSPS) is 19.6. The Balaban J connectivity index is 1.86. The fourth-order valence-corrected chi connectivity index (χ4v) is 2.97. The Morgan fingerprint density at radius 3 is 2.87 bits per heavy atom. The average Bonchev–Trinajstić information content (AvgIpc) is 2.69. The van der Waals surface area contributed by atoms with E-state index < -0.39 is 0 Å². The number of hydrogen-bond donors (Lipinski definition) is 1. The van der Waals surface area contributed by atoms with E-state index in [1.54, 1.807) is 11.3 Å². The minimum atomic E-state index is 0.573. The zero-order chi connectivity index (χ0) is 10.7. The Hall–Kier alpha value is -0.450. The second-order valence-electron chi connectivity index (χ2n) is 4.39. The van der Waals surface area contributed by atoms with Crippen molar-refractivity contribution in [1.29, 1.82) is 0 Å². The summed E-state index contributed by atoms with van der Waals surface area (Å²) in [5.74, 6) is 0.831. The van der Waals surface area contributed by atoms with Crippen LogP contribution in [-0.4, -0.2) is 30.0 Å². The summed E-state index contributed by atoms with van der Waals surface area (Å²) >= 11 is 1.76. The van der Waals surface area contributed by atoms with E-state index in [4.69, 9.17) is 5.73 Å². The molecule has 1 fully saturated rings. The summed E-state index contributed by atoms with van der Waals surface area (Å²) in [6.45, 7) is 3.05. The summed E-state index contributed by atoms with van der Waals surface area (Å²) in [4.78, 5) is 6.93. The highest BCUT2D eigenvalue weighted by atomic mass is 32.1. The fraction of sp³-hybridized carbons (Fsp3) is 0.727. The van der Waals surface area contributed by atoms with Gasteiger partial charge in [0.25, 0.3) is 0 Å². The van der Waals surface area contributed by atoms with Gasteiger partial charge in [-0.3, -0.25) is 0 Å². The fourth-order valence-electron chi connectivity index (χ4n) is 2.05. The zero-order valence-electron chi connectivity index (χ0n) is 9.28. The second-order valence-corrected chi connectivity index (χ2v) is 5.33. The van der Waals surface area contributed by atoms with Crippen LogP contribution < -0.4 is 5.73 Å². The molecule has 0 bridgehead atoms. The molecular weight excluding hydrogens is 206 g/mol. The molecule has 0 aliphatic carbocycles. The summed E-state index contributed by atoms with van der Waals surface area (Å²) in [6, 6.07) is 0. The van der Waals surface area contributed by atoms with Crippen molar-refractivity contribution < 1.29 is 0 Å². The average molecular weight is 225 g/mol. The van der Waals surface area contributed by atoms with Crippen molar-refractivity contribution in [2.75, 3.05) is 20.1 Å². The van der Waals surface area contributed by atoms with E-state index in [9.17, 15) is 0 Å². The van der Waals surface area contributed by atoms with Gasteiger partial charge in [0.15, 0.2) is 0 Å². The number of aromatic nitrogens is 1. The smallest absolute Gasteiger partial charge is 0.0931 e. The molecule has 4 heteroatoms. The van der Waals surface area contributed by atoms with Gasteiger partial charge < -0.3 is 10.6 Å². The molecule has 2 N–H and O–H groups in total. The zero-order valence-corrected chi connectivity index (χ0v) is 10.1. The van der Waals surface area contributed by atoms with E-state index in [0.29, 0.717) is 6.54 Å². The lowest BCUT2D eigenvalue weighted by Gasteiger charge is -2.28. The topological polar surface area (TPSA) is 42.2 Å². The predicted octanol–water partition coefficient (Wildman–Crippen LogP) is 1.49. The molecule has 1 saturated heterocycles. The van der Waals surface area contributed by atoms with E-state index in [1.807, 2.05) is 0 Å². The summed E-state index contributed by atoms with van der Waals surface area (Å²) in [7, 11) is 2.20. The van der Waals surface area contributed by atoms with Crippen LogP contribution >= 0.6 is 11.3 Å². The summed E-state index contributed by atoms with van der Waals surface area (Å²) in [5, 5.41) is 3.36. The van der Waals surface area contributed by atoms with Gasteiger partial charge in [-0.2, -0.15) is 0 Å². The maximum absolute atomic E-state index is 5.55. The molecule has 0 spiro atoms. The van der Waals surface area contributed by atoms with Crippen LogP contribution in [0.4, 0.5) is 0 Å². The van der Waals surface area contributed by atoms with Gasteiger partial charge in [0.1, 0.15) is 0 Å². The first-order valence-corrected chi connectivity index (χ1v) is 6.48. The van der Waals surface area contributed by atoms with Crippen molar-refractivity contribution in [3.8, 4) is 0 Å². The molecule has 15 heavy (non-hydrogen) atoms. The number of nitrogens with two attached hydrogens (primary N) is 1. The molecule has 1 aliphatic rings.